The number of rotatable bonds is 5. The van der Waals surface area contributed by atoms with Gasteiger partial charge in [-0.25, -0.2) is 9.07 Å². The van der Waals surface area contributed by atoms with Gasteiger partial charge >= 0.3 is 0 Å². The first-order valence-electron chi connectivity index (χ1n) is 7.84. The van der Waals surface area contributed by atoms with E-state index in [9.17, 15) is 14.0 Å². The summed E-state index contributed by atoms with van der Waals surface area (Å²) in [5, 5.41) is 6.91. The maximum atomic E-state index is 13.3. The Morgan fingerprint density at radius 2 is 1.96 bits per heavy atom. The second-order valence-corrected chi connectivity index (χ2v) is 6.35. The average Bonchev–Trinajstić information content (AvgIpc) is 2.64. The van der Waals surface area contributed by atoms with Crippen LogP contribution in [-0.2, 0) is 6.54 Å². The number of para-hydroxylation sites is 1. The van der Waals surface area contributed by atoms with Crippen molar-refractivity contribution >= 4 is 23.4 Å². The number of aromatic nitrogens is 2. The van der Waals surface area contributed by atoms with Crippen LogP contribution in [0.4, 0.5) is 10.1 Å². The van der Waals surface area contributed by atoms with Crippen LogP contribution in [-0.4, -0.2) is 21.9 Å². The summed E-state index contributed by atoms with van der Waals surface area (Å²) < 4.78 is 14.5. The van der Waals surface area contributed by atoms with E-state index in [4.69, 9.17) is 0 Å². The Labute approximate surface area is 153 Å². The molecule has 5 nitrogen and oxygen atoms in total. The SMILES string of the molecule is CSc1ccccc1NC(=O)c1ccc(=O)n(Cc2cccc(F)c2)n1. The van der Waals surface area contributed by atoms with Gasteiger partial charge in [-0.3, -0.25) is 9.59 Å². The maximum absolute atomic E-state index is 13.3. The molecule has 1 aromatic heterocycles. The molecule has 0 spiro atoms. The smallest absolute Gasteiger partial charge is 0.276 e. The highest BCUT2D eigenvalue weighted by atomic mass is 32.2. The van der Waals surface area contributed by atoms with Crippen LogP contribution in [0.15, 0.2) is 70.4 Å². The van der Waals surface area contributed by atoms with Gasteiger partial charge in [0.25, 0.3) is 11.5 Å². The van der Waals surface area contributed by atoms with Crippen molar-refractivity contribution in [1.82, 2.24) is 9.78 Å². The summed E-state index contributed by atoms with van der Waals surface area (Å²) in [6.45, 7) is 0.0825. The van der Waals surface area contributed by atoms with E-state index in [0.717, 1.165) is 9.58 Å². The minimum Gasteiger partial charge on any atom is -0.320 e. The van der Waals surface area contributed by atoms with Gasteiger partial charge in [0.15, 0.2) is 0 Å². The van der Waals surface area contributed by atoms with Gasteiger partial charge in [-0.15, -0.1) is 11.8 Å². The van der Waals surface area contributed by atoms with Crippen LogP contribution in [0.1, 0.15) is 16.1 Å². The van der Waals surface area contributed by atoms with E-state index in [0.29, 0.717) is 11.3 Å². The van der Waals surface area contributed by atoms with Crippen LogP contribution in [0.5, 0.6) is 0 Å². The third-order valence-electron chi connectivity index (χ3n) is 3.68. The standard InChI is InChI=1S/C19H16FN3O2S/c1-26-17-8-3-2-7-15(17)21-19(25)16-9-10-18(24)23(22-16)12-13-5-4-6-14(20)11-13/h2-11H,12H2,1H3,(H,21,25). The van der Waals surface area contributed by atoms with E-state index < -0.39 is 11.7 Å². The molecule has 3 aromatic rings. The minimum atomic E-state index is -0.417. The van der Waals surface area contributed by atoms with Gasteiger partial charge in [-0.1, -0.05) is 24.3 Å². The predicted octanol–water partition coefficient (Wildman–Crippen LogP) is 3.40. The van der Waals surface area contributed by atoms with Gasteiger partial charge in [-0.2, -0.15) is 5.10 Å². The van der Waals surface area contributed by atoms with E-state index in [1.807, 2.05) is 24.5 Å². The fourth-order valence-electron chi connectivity index (χ4n) is 2.43. The molecule has 0 unspecified atom stereocenters. The van der Waals surface area contributed by atoms with Gasteiger partial charge in [-0.05, 0) is 42.2 Å². The monoisotopic (exact) mass is 369 g/mol. The summed E-state index contributed by atoms with van der Waals surface area (Å²) >= 11 is 1.52. The van der Waals surface area contributed by atoms with E-state index in [2.05, 4.69) is 10.4 Å². The Bertz CT molecular complexity index is 1000. The minimum absolute atomic E-state index is 0.0825. The summed E-state index contributed by atoms with van der Waals surface area (Å²) in [5.41, 5.74) is 1.01. The lowest BCUT2D eigenvalue weighted by molar-refractivity contribution is 0.101. The molecule has 0 aliphatic carbocycles. The number of benzene rings is 2. The number of amides is 1. The van der Waals surface area contributed by atoms with Crippen molar-refractivity contribution in [2.24, 2.45) is 0 Å². The molecular formula is C19H16FN3O2S. The van der Waals surface area contributed by atoms with Gasteiger partial charge < -0.3 is 5.32 Å². The summed E-state index contributed by atoms with van der Waals surface area (Å²) in [7, 11) is 0. The molecule has 7 heteroatoms. The van der Waals surface area contributed by atoms with Crippen molar-refractivity contribution in [3.8, 4) is 0 Å². The second kappa shape index (κ2) is 7.97. The summed E-state index contributed by atoms with van der Waals surface area (Å²) in [4.78, 5) is 25.4. The Hall–Kier alpha value is -2.93. The molecule has 0 saturated carbocycles. The number of nitrogens with one attached hydrogen (secondary N) is 1. The topological polar surface area (TPSA) is 64.0 Å². The molecule has 1 N–H and O–H groups in total. The molecular weight excluding hydrogens is 353 g/mol. The molecule has 1 amide bonds. The lowest BCUT2D eigenvalue weighted by Crippen LogP contribution is -2.26. The van der Waals surface area contributed by atoms with Crippen molar-refractivity contribution < 1.29 is 9.18 Å². The summed E-state index contributed by atoms with van der Waals surface area (Å²) in [6, 6.07) is 16.0. The first-order valence-corrected chi connectivity index (χ1v) is 9.06. The van der Waals surface area contributed by atoms with E-state index in [1.165, 1.54) is 36.0 Å². The number of nitrogens with zero attached hydrogens (tertiary/aromatic N) is 2. The van der Waals surface area contributed by atoms with Gasteiger partial charge in [0.05, 0.1) is 12.2 Å². The third kappa shape index (κ3) is 4.18. The van der Waals surface area contributed by atoms with Crippen LogP contribution in [0.3, 0.4) is 0 Å². The van der Waals surface area contributed by atoms with E-state index in [-0.39, 0.29) is 17.8 Å². The number of carbonyl (C=O) groups is 1. The van der Waals surface area contributed by atoms with Crippen molar-refractivity contribution in [3.63, 3.8) is 0 Å². The van der Waals surface area contributed by atoms with Gasteiger partial charge in [0.1, 0.15) is 11.5 Å². The Balaban J connectivity index is 1.84. The second-order valence-electron chi connectivity index (χ2n) is 5.50. The molecule has 3 rings (SSSR count). The maximum Gasteiger partial charge on any atom is 0.276 e. The number of anilines is 1. The first kappa shape index (κ1) is 17.9. The Morgan fingerprint density at radius 1 is 1.15 bits per heavy atom. The van der Waals surface area contributed by atoms with Crippen LogP contribution in [0, 0.1) is 5.82 Å². The summed E-state index contributed by atoms with van der Waals surface area (Å²) in [6.07, 6.45) is 1.92. The van der Waals surface area contributed by atoms with Crippen LogP contribution in [0.2, 0.25) is 0 Å². The van der Waals surface area contributed by atoms with Crippen molar-refractivity contribution in [2.45, 2.75) is 11.4 Å². The predicted molar refractivity (Wildman–Crippen MR) is 100 cm³/mol. The molecule has 0 atom stereocenters. The largest absolute Gasteiger partial charge is 0.320 e. The molecule has 0 radical (unpaired) electrons. The number of hydrogen-bond acceptors (Lipinski definition) is 4. The third-order valence-corrected chi connectivity index (χ3v) is 4.47. The zero-order valence-electron chi connectivity index (χ0n) is 14.0. The molecule has 2 aromatic carbocycles. The molecule has 1 heterocycles. The molecule has 0 fully saturated rings. The highest BCUT2D eigenvalue weighted by molar-refractivity contribution is 7.98. The van der Waals surface area contributed by atoms with Gasteiger partial charge in [0.2, 0.25) is 0 Å². The fraction of sp³-hybridized carbons (Fsp3) is 0.105. The quantitative estimate of drug-likeness (QED) is 0.700. The molecule has 132 valence electrons. The summed E-state index contributed by atoms with van der Waals surface area (Å²) in [5.74, 6) is -0.808. The molecule has 0 bridgehead atoms. The van der Waals surface area contributed by atoms with Crippen molar-refractivity contribution in [2.75, 3.05) is 11.6 Å². The number of carbonyl (C=O) groups excluding carboxylic acids is 1. The Morgan fingerprint density at radius 3 is 2.73 bits per heavy atom. The highest BCUT2D eigenvalue weighted by Crippen LogP contribution is 2.24. The molecule has 0 aliphatic heterocycles. The van der Waals surface area contributed by atoms with Crippen LogP contribution >= 0.6 is 11.8 Å². The number of halogens is 1. The number of hydrogen-bond donors (Lipinski definition) is 1. The lowest BCUT2D eigenvalue weighted by atomic mass is 10.2. The molecule has 0 saturated heterocycles. The highest BCUT2D eigenvalue weighted by Gasteiger charge is 2.12. The molecule has 26 heavy (non-hydrogen) atoms. The zero-order chi connectivity index (χ0) is 18.5. The Kier molecular flexibility index (Phi) is 5.48. The van der Waals surface area contributed by atoms with Crippen LogP contribution < -0.4 is 10.9 Å². The van der Waals surface area contributed by atoms with Crippen LogP contribution in [0.25, 0.3) is 0 Å². The lowest BCUT2D eigenvalue weighted by Gasteiger charge is -2.10. The van der Waals surface area contributed by atoms with E-state index in [1.54, 1.807) is 18.2 Å². The fourth-order valence-corrected chi connectivity index (χ4v) is 2.98. The first-order chi connectivity index (χ1) is 12.6. The van der Waals surface area contributed by atoms with Crippen molar-refractivity contribution in [3.05, 3.63) is 88.1 Å². The van der Waals surface area contributed by atoms with Crippen molar-refractivity contribution in [1.29, 1.82) is 0 Å². The zero-order valence-corrected chi connectivity index (χ0v) is 14.8. The average molecular weight is 369 g/mol. The van der Waals surface area contributed by atoms with E-state index >= 15 is 0 Å². The van der Waals surface area contributed by atoms with Gasteiger partial charge in [0, 0.05) is 11.0 Å². The normalized spacial score (nSPS) is 10.5. The molecule has 0 aliphatic rings. The number of thioether (sulfide) groups is 1.